The van der Waals surface area contributed by atoms with Crippen molar-refractivity contribution in [3.8, 4) is 17.6 Å². The number of aromatic nitrogens is 3. The quantitative estimate of drug-likeness (QED) is 0.483. The van der Waals surface area contributed by atoms with Crippen molar-refractivity contribution in [3.63, 3.8) is 0 Å². The Balaban J connectivity index is 1.27. The number of hydrogen-bond donors (Lipinski definition) is 1. The highest BCUT2D eigenvalue weighted by atomic mass is 16.5. The van der Waals surface area contributed by atoms with Gasteiger partial charge in [-0.1, -0.05) is 0 Å². The van der Waals surface area contributed by atoms with Gasteiger partial charge in [-0.2, -0.15) is 9.97 Å². The van der Waals surface area contributed by atoms with Crippen LogP contribution in [0.4, 0.5) is 11.4 Å². The van der Waals surface area contributed by atoms with E-state index in [1.54, 1.807) is 30.6 Å². The summed E-state index contributed by atoms with van der Waals surface area (Å²) in [4.78, 5) is 28.8. The molecule has 0 atom stereocenters. The molecule has 2 aromatic carbocycles. The summed E-state index contributed by atoms with van der Waals surface area (Å²) in [5.41, 5.74) is 3.04. The molecule has 0 spiro atoms. The summed E-state index contributed by atoms with van der Waals surface area (Å²) in [5, 5.41) is 10.6. The Morgan fingerprint density at radius 3 is 2.38 bits per heavy atom. The molecule has 1 saturated heterocycles. The average molecular weight is 457 g/mol. The minimum absolute atomic E-state index is 0.0248. The largest absolute Gasteiger partial charge is 0.493 e. The molecule has 34 heavy (non-hydrogen) atoms. The summed E-state index contributed by atoms with van der Waals surface area (Å²) >= 11 is 0. The molecule has 1 N–H and O–H groups in total. The molecule has 172 valence electrons. The molecule has 3 heterocycles. The van der Waals surface area contributed by atoms with Crippen LogP contribution in [-0.2, 0) is 4.74 Å². The number of anilines is 2. The van der Waals surface area contributed by atoms with Gasteiger partial charge in [0.1, 0.15) is 5.75 Å². The van der Waals surface area contributed by atoms with Crippen molar-refractivity contribution in [2.45, 2.75) is 0 Å². The molecule has 1 fully saturated rings. The summed E-state index contributed by atoms with van der Waals surface area (Å²) in [6, 6.07) is 16.7. The Hall–Kier alpha value is -4.24. The first-order chi connectivity index (χ1) is 16.6. The van der Waals surface area contributed by atoms with Crippen LogP contribution in [0.2, 0.25) is 0 Å². The van der Waals surface area contributed by atoms with Crippen molar-refractivity contribution < 1.29 is 19.4 Å². The SMILES string of the molecule is CN(c1ccc(Oc2nc(O)c3ccncc3n2)cc1)c1ccc(C(=O)N2CCOCC2)cc1. The Kier molecular flexibility index (Phi) is 5.92. The number of ether oxygens (including phenoxy) is 2. The molecule has 0 bridgehead atoms. The maximum absolute atomic E-state index is 12.6. The molecule has 1 aliphatic rings. The van der Waals surface area contributed by atoms with E-state index in [4.69, 9.17) is 9.47 Å². The second-order valence-electron chi connectivity index (χ2n) is 7.83. The third-order valence-electron chi connectivity index (χ3n) is 5.69. The number of amides is 1. The number of rotatable bonds is 5. The minimum Gasteiger partial charge on any atom is -0.493 e. The highest BCUT2D eigenvalue weighted by Gasteiger charge is 2.18. The van der Waals surface area contributed by atoms with Crippen LogP contribution in [0.15, 0.2) is 67.0 Å². The van der Waals surface area contributed by atoms with E-state index < -0.39 is 0 Å². The van der Waals surface area contributed by atoms with Gasteiger partial charge in [0.25, 0.3) is 5.91 Å². The van der Waals surface area contributed by atoms with E-state index in [0.29, 0.717) is 48.5 Å². The smallest absolute Gasteiger partial charge is 0.325 e. The molecule has 9 heteroatoms. The Labute approximate surface area is 196 Å². The zero-order valence-corrected chi connectivity index (χ0v) is 18.6. The van der Waals surface area contributed by atoms with Crippen LogP contribution < -0.4 is 9.64 Å². The number of fused-ring (bicyclic) bond motifs is 1. The molecule has 1 aliphatic heterocycles. The molecule has 5 rings (SSSR count). The lowest BCUT2D eigenvalue weighted by atomic mass is 10.1. The van der Waals surface area contributed by atoms with E-state index in [1.807, 2.05) is 53.2 Å². The zero-order valence-electron chi connectivity index (χ0n) is 18.6. The van der Waals surface area contributed by atoms with Gasteiger partial charge in [-0.3, -0.25) is 9.78 Å². The summed E-state index contributed by atoms with van der Waals surface area (Å²) < 4.78 is 11.0. The predicted octanol–water partition coefficient (Wildman–Crippen LogP) is 3.76. The van der Waals surface area contributed by atoms with E-state index in [1.165, 1.54) is 0 Å². The minimum atomic E-state index is -0.158. The van der Waals surface area contributed by atoms with Crippen LogP contribution in [0.1, 0.15) is 10.4 Å². The fraction of sp³-hybridized carbons (Fsp3) is 0.200. The van der Waals surface area contributed by atoms with Crippen LogP contribution in [0.25, 0.3) is 10.9 Å². The summed E-state index contributed by atoms with van der Waals surface area (Å²) in [6.45, 7) is 2.40. The molecule has 0 saturated carbocycles. The first kappa shape index (κ1) is 21.6. The number of nitrogens with zero attached hydrogens (tertiary/aromatic N) is 5. The zero-order chi connectivity index (χ0) is 23.5. The fourth-order valence-corrected chi connectivity index (χ4v) is 3.76. The molecule has 9 nitrogen and oxygen atoms in total. The summed E-state index contributed by atoms with van der Waals surface area (Å²) in [5.74, 6) is 0.400. The Morgan fingerprint density at radius 2 is 1.68 bits per heavy atom. The third kappa shape index (κ3) is 4.46. The number of carbonyl (C=O) groups excluding carboxylic acids is 1. The maximum Gasteiger partial charge on any atom is 0.325 e. The molecular weight excluding hydrogens is 434 g/mol. The second-order valence-corrected chi connectivity index (χ2v) is 7.83. The van der Waals surface area contributed by atoms with Crippen LogP contribution >= 0.6 is 0 Å². The molecular formula is C25H23N5O4. The van der Waals surface area contributed by atoms with E-state index >= 15 is 0 Å². The van der Waals surface area contributed by atoms with Gasteiger partial charge >= 0.3 is 6.01 Å². The van der Waals surface area contributed by atoms with Crippen LogP contribution in [0, 0.1) is 0 Å². The molecule has 2 aromatic heterocycles. The monoisotopic (exact) mass is 457 g/mol. The average Bonchev–Trinajstić information content (AvgIpc) is 2.89. The van der Waals surface area contributed by atoms with Gasteiger partial charge in [0.2, 0.25) is 5.88 Å². The normalized spacial score (nSPS) is 13.6. The highest BCUT2D eigenvalue weighted by molar-refractivity contribution is 5.94. The molecule has 0 aliphatic carbocycles. The van der Waals surface area contributed by atoms with Gasteiger partial charge in [0.05, 0.1) is 30.3 Å². The molecule has 0 radical (unpaired) electrons. The molecule has 1 amide bonds. The van der Waals surface area contributed by atoms with Gasteiger partial charge in [0, 0.05) is 43.3 Å². The number of morpholine rings is 1. The van der Waals surface area contributed by atoms with Crippen LogP contribution in [0.5, 0.6) is 17.6 Å². The predicted molar refractivity (Wildman–Crippen MR) is 127 cm³/mol. The standard InChI is InChI=1S/C25H23N5O4/c1-29(18-4-2-17(3-5-18)24(32)30-12-14-33-15-13-30)19-6-8-20(9-7-19)34-25-27-22-16-26-11-10-21(22)23(31)28-25/h2-11,16H,12-15H2,1H3,(H,27,28,31). The van der Waals surface area contributed by atoms with Crippen molar-refractivity contribution in [3.05, 3.63) is 72.6 Å². The lowest BCUT2D eigenvalue weighted by molar-refractivity contribution is 0.0303. The van der Waals surface area contributed by atoms with Gasteiger partial charge < -0.3 is 24.4 Å². The van der Waals surface area contributed by atoms with E-state index in [-0.39, 0.29) is 17.8 Å². The molecule has 4 aromatic rings. The Bertz CT molecular complexity index is 1310. The number of carbonyl (C=O) groups is 1. The van der Waals surface area contributed by atoms with E-state index in [9.17, 15) is 9.90 Å². The van der Waals surface area contributed by atoms with E-state index in [2.05, 4.69) is 15.0 Å². The van der Waals surface area contributed by atoms with Gasteiger partial charge in [-0.25, -0.2) is 0 Å². The van der Waals surface area contributed by atoms with Crippen molar-refractivity contribution in [1.82, 2.24) is 19.9 Å². The topological polar surface area (TPSA) is 101 Å². The van der Waals surface area contributed by atoms with Gasteiger partial charge in [-0.05, 0) is 54.6 Å². The van der Waals surface area contributed by atoms with Crippen molar-refractivity contribution in [2.75, 3.05) is 38.3 Å². The second kappa shape index (κ2) is 9.32. The number of benzene rings is 2. The third-order valence-corrected chi connectivity index (χ3v) is 5.69. The van der Waals surface area contributed by atoms with Gasteiger partial charge in [0.15, 0.2) is 0 Å². The lowest BCUT2D eigenvalue weighted by Crippen LogP contribution is -2.40. The van der Waals surface area contributed by atoms with Crippen molar-refractivity contribution in [1.29, 1.82) is 0 Å². The summed E-state index contributed by atoms with van der Waals surface area (Å²) in [6.07, 6.45) is 3.11. The van der Waals surface area contributed by atoms with E-state index in [0.717, 1.165) is 11.4 Å². The number of hydrogen-bond acceptors (Lipinski definition) is 8. The fourth-order valence-electron chi connectivity index (χ4n) is 3.76. The Morgan fingerprint density at radius 1 is 1.00 bits per heavy atom. The molecule has 0 unspecified atom stereocenters. The van der Waals surface area contributed by atoms with Crippen LogP contribution in [0.3, 0.4) is 0 Å². The van der Waals surface area contributed by atoms with Crippen molar-refractivity contribution in [2.24, 2.45) is 0 Å². The first-order valence-corrected chi connectivity index (χ1v) is 10.9. The first-order valence-electron chi connectivity index (χ1n) is 10.9. The maximum atomic E-state index is 12.6. The van der Waals surface area contributed by atoms with Crippen molar-refractivity contribution >= 4 is 28.2 Å². The highest BCUT2D eigenvalue weighted by Crippen LogP contribution is 2.29. The van der Waals surface area contributed by atoms with Gasteiger partial charge in [-0.15, -0.1) is 0 Å². The summed E-state index contributed by atoms with van der Waals surface area (Å²) in [7, 11) is 1.95. The lowest BCUT2D eigenvalue weighted by Gasteiger charge is -2.27. The number of pyridine rings is 1. The number of aromatic hydroxyl groups is 1. The van der Waals surface area contributed by atoms with Crippen LogP contribution in [-0.4, -0.2) is 64.2 Å².